The lowest BCUT2D eigenvalue weighted by Gasteiger charge is -2.26. The second-order valence-corrected chi connectivity index (χ2v) is 9.18. The number of hydrogen-bond acceptors (Lipinski definition) is 4. The number of phenolic OH excluding ortho intramolecular Hbond substituents is 1. The Morgan fingerprint density at radius 1 is 0.806 bits per heavy atom. The number of ether oxygens (including phenoxy) is 1. The summed E-state index contributed by atoms with van der Waals surface area (Å²) >= 11 is 1.79. The van der Waals surface area contributed by atoms with E-state index in [4.69, 9.17) is 4.74 Å². The van der Waals surface area contributed by atoms with E-state index in [1.807, 2.05) is 12.1 Å². The molecule has 158 valence electrons. The molecule has 0 unspecified atom stereocenters. The van der Waals surface area contributed by atoms with Crippen LogP contribution in [0.2, 0.25) is 0 Å². The molecular formula is C27H27NO2S. The van der Waals surface area contributed by atoms with Crippen molar-refractivity contribution in [2.24, 2.45) is 0 Å². The smallest absolute Gasteiger partial charge is 0.119 e. The number of likely N-dealkylation sites (tertiary alicyclic amines) is 1. The zero-order chi connectivity index (χ0) is 21.0. The maximum absolute atomic E-state index is 9.70. The van der Waals surface area contributed by atoms with Gasteiger partial charge >= 0.3 is 0 Å². The Balaban J connectivity index is 1.39. The number of thiophene rings is 1. The van der Waals surface area contributed by atoms with Gasteiger partial charge in [-0.3, -0.25) is 4.90 Å². The van der Waals surface area contributed by atoms with Gasteiger partial charge in [-0.15, -0.1) is 11.3 Å². The molecule has 1 fully saturated rings. The fourth-order valence-corrected chi connectivity index (χ4v) is 5.57. The number of nitrogens with zero attached hydrogens (tertiary/aromatic N) is 1. The Bertz CT molecular complexity index is 1140. The van der Waals surface area contributed by atoms with Crippen molar-refractivity contribution >= 4 is 21.4 Å². The Morgan fingerprint density at radius 2 is 1.52 bits per heavy atom. The van der Waals surface area contributed by atoms with Gasteiger partial charge in [-0.2, -0.15) is 0 Å². The van der Waals surface area contributed by atoms with Crippen molar-refractivity contribution in [1.29, 1.82) is 0 Å². The monoisotopic (exact) mass is 429 g/mol. The summed E-state index contributed by atoms with van der Waals surface area (Å²) < 4.78 is 7.30. The molecule has 4 aromatic rings. The molecule has 5 rings (SSSR count). The Labute approximate surface area is 187 Å². The molecule has 0 bridgehead atoms. The molecule has 4 heteroatoms. The predicted octanol–water partition coefficient (Wildman–Crippen LogP) is 6.81. The van der Waals surface area contributed by atoms with E-state index in [0.717, 1.165) is 24.5 Å². The highest BCUT2D eigenvalue weighted by Crippen LogP contribution is 2.45. The Morgan fingerprint density at radius 3 is 2.29 bits per heavy atom. The number of rotatable bonds is 6. The molecule has 0 radical (unpaired) electrons. The predicted molar refractivity (Wildman–Crippen MR) is 130 cm³/mol. The highest BCUT2D eigenvalue weighted by atomic mass is 32.1. The van der Waals surface area contributed by atoms with Gasteiger partial charge in [0.25, 0.3) is 0 Å². The lowest BCUT2D eigenvalue weighted by molar-refractivity contribution is 0.183. The van der Waals surface area contributed by atoms with Gasteiger partial charge in [0.15, 0.2) is 0 Å². The molecule has 0 spiro atoms. The van der Waals surface area contributed by atoms with Gasteiger partial charge in [-0.1, -0.05) is 36.8 Å². The number of hydrogen-bond donors (Lipinski definition) is 1. The van der Waals surface area contributed by atoms with Crippen molar-refractivity contribution in [2.45, 2.75) is 19.3 Å². The van der Waals surface area contributed by atoms with Crippen LogP contribution >= 0.6 is 11.3 Å². The summed E-state index contributed by atoms with van der Waals surface area (Å²) in [5.41, 5.74) is 3.55. The second-order valence-electron chi connectivity index (χ2n) is 8.12. The number of aromatic hydroxyl groups is 1. The van der Waals surface area contributed by atoms with Gasteiger partial charge in [0.05, 0.1) is 0 Å². The molecular weight excluding hydrogens is 402 g/mol. The summed E-state index contributed by atoms with van der Waals surface area (Å²) in [4.78, 5) is 3.72. The molecule has 0 aliphatic carbocycles. The van der Waals surface area contributed by atoms with E-state index in [1.54, 1.807) is 23.5 Å². The largest absolute Gasteiger partial charge is 0.508 e. The first-order valence-electron chi connectivity index (χ1n) is 11.0. The minimum Gasteiger partial charge on any atom is -0.508 e. The molecule has 0 amide bonds. The first kappa shape index (κ1) is 20.1. The zero-order valence-corrected chi connectivity index (χ0v) is 18.4. The van der Waals surface area contributed by atoms with Crippen LogP contribution in [0.5, 0.6) is 11.5 Å². The third kappa shape index (κ3) is 4.46. The fraction of sp³-hybridized carbons (Fsp3) is 0.259. The van der Waals surface area contributed by atoms with E-state index in [-0.39, 0.29) is 5.75 Å². The van der Waals surface area contributed by atoms with Crippen molar-refractivity contribution in [2.75, 3.05) is 26.2 Å². The molecule has 1 aromatic heterocycles. The molecule has 31 heavy (non-hydrogen) atoms. The molecule has 1 aliphatic rings. The lowest BCUT2D eigenvalue weighted by Crippen LogP contribution is -2.33. The highest BCUT2D eigenvalue weighted by Gasteiger charge is 2.16. The van der Waals surface area contributed by atoms with Crippen molar-refractivity contribution < 1.29 is 9.84 Å². The fourth-order valence-electron chi connectivity index (χ4n) is 4.34. The van der Waals surface area contributed by atoms with Crippen LogP contribution in [0.25, 0.3) is 31.7 Å². The van der Waals surface area contributed by atoms with E-state index in [1.165, 1.54) is 58.4 Å². The summed E-state index contributed by atoms with van der Waals surface area (Å²) in [5.74, 6) is 1.21. The van der Waals surface area contributed by atoms with Crippen LogP contribution in [0.15, 0.2) is 72.8 Å². The number of piperidine rings is 1. The van der Waals surface area contributed by atoms with Gasteiger partial charge in [-0.05, 0) is 79.5 Å². The quantitative estimate of drug-likeness (QED) is 0.366. The summed E-state index contributed by atoms with van der Waals surface area (Å²) in [6, 6.07) is 24.5. The molecule has 0 atom stereocenters. The number of benzene rings is 3. The van der Waals surface area contributed by atoms with Crippen LogP contribution in [-0.2, 0) is 0 Å². The first-order chi connectivity index (χ1) is 15.3. The van der Waals surface area contributed by atoms with Gasteiger partial charge in [-0.25, -0.2) is 0 Å². The van der Waals surface area contributed by atoms with Crippen LogP contribution in [0, 0.1) is 0 Å². The minimum absolute atomic E-state index is 0.289. The van der Waals surface area contributed by atoms with E-state index >= 15 is 0 Å². The van der Waals surface area contributed by atoms with Crippen LogP contribution < -0.4 is 4.74 Å². The first-order valence-corrected chi connectivity index (χ1v) is 11.9. The minimum atomic E-state index is 0.289. The number of phenols is 1. The Kier molecular flexibility index (Phi) is 5.92. The van der Waals surface area contributed by atoms with Crippen molar-refractivity contribution in [3.05, 3.63) is 72.8 Å². The van der Waals surface area contributed by atoms with Gasteiger partial charge in [0, 0.05) is 27.1 Å². The lowest BCUT2D eigenvalue weighted by atomic mass is 9.99. The Hall–Kier alpha value is -2.82. The second kappa shape index (κ2) is 9.13. The van der Waals surface area contributed by atoms with Crippen molar-refractivity contribution in [1.82, 2.24) is 4.90 Å². The molecule has 1 saturated heterocycles. The van der Waals surface area contributed by atoms with Crippen molar-refractivity contribution in [3.63, 3.8) is 0 Å². The average molecular weight is 430 g/mol. The van der Waals surface area contributed by atoms with Gasteiger partial charge < -0.3 is 9.84 Å². The molecule has 1 N–H and O–H groups in total. The van der Waals surface area contributed by atoms with Crippen LogP contribution in [0.3, 0.4) is 0 Å². The van der Waals surface area contributed by atoms with Gasteiger partial charge in [0.1, 0.15) is 18.1 Å². The van der Waals surface area contributed by atoms with E-state index in [2.05, 4.69) is 53.4 Å². The van der Waals surface area contributed by atoms with E-state index in [9.17, 15) is 5.11 Å². The van der Waals surface area contributed by atoms with E-state index in [0.29, 0.717) is 0 Å². The standard InChI is InChI=1S/C27H27NO2S/c29-22-12-8-21(9-13-22)27-26(24-6-2-3-7-25(24)31-27)20-10-14-23(15-11-20)30-19-18-28-16-4-1-5-17-28/h2-3,6-15,29H,1,4-5,16-19H2. The summed E-state index contributed by atoms with van der Waals surface area (Å²) in [7, 11) is 0. The third-order valence-electron chi connectivity index (χ3n) is 5.99. The maximum Gasteiger partial charge on any atom is 0.119 e. The van der Waals surface area contributed by atoms with Crippen LogP contribution in [0.4, 0.5) is 0 Å². The molecule has 1 aliphatic heterocycles. The molecule has 2 heterocycles. The summed E-state index contributed by atoms with van der Waals surface area (Å²) in [6.07, 6.45) is 3.99. The third-order valence-corrected chi connectivity index (χ3v) is 7.21. The number of fused-ring (bicyclic) bond motifs is 1. The summed E-state index contributed by atoms with van der Waals surface area (Å²) in [5, 5.41) is 11.0. The SMILES string of the molecule is Oc1ccc(-c2sc3ccccc3c2-c2ccc(OCCN3CCCCC3)cc2)cc1. The van der Waals surface area contributed by atoms with Crippen LogP contribution in [-0.4, -0.2) is 36.2 Å². The van der Waals surface area contributed by atoms with Crippen LogP contribution in [0.1, 0.15) is 19.3 Å². The molecule has 0 saturated carbocycles. The van der Waals surface area contributed by atoms with E-state index < -0.39 is 0 Å². The highest BCUT2D eigenvalue weighted by molar-refractivity contribution is 7.23. The zero-order valence-electron chi connectivity index (χ0n) is 17.6. The van der Waals surface area contributed by atoms with Gasteiger partial charge in [0.2, 0.25) is 0 Å². The molecule has 3 nitrogen and oxygen atoms in total. The average Bonchev–Trinajstić information content (AvgIpc) is 3.20. The molecule has 3 aromatic carbocycles. The van der Waals surface area contributed by atoms with Crippen molar-refractivity contribution in [3.8, 4) is 33.1 Å². The maximum atomic E-state index is 9.70. The summed E-state index contributed by atoms with van der Waals surface area (Å²) in [6.45, 7) is 4.14. The topological polar surface area (TPSA) is 32.7 Å². The normalized spacial score (nSPS) is 14.7.